The number of fused-ring (bicyclic) bond motifs is 1. The molecule has 0 bridgehead atoms. The second-order valence-electron chi connectivity index (χ2n) is 6.33. The van der Waals surface area contributed by atoms with E-state index in [1.807, 2.05) is 24.3 Å². The van der Waals surface area contributed by atoms with Gasteiger partial charge in [0, 0.05) is 24.1 Å². The number of amidine groups is 1. The molecule has 1 saturated heterocycles. The molecular formula is C18H18N4O3S. The molecule has 8 heteroatoms. The Morgan fingerprint density at radius 1 is 1.35 bits per heavy atom. The van der Waals surface area contributed by atoms with Crippen LogP contribution in [0.25, 0.3) is 0 Å². The molecule has 26 heavy (non-hydrogen) atoms. The van der Waals surface area contributed by atoms with Crippen molar-refractivity contribution in [2.24, 2.45) is 4.99 Å². The van der Waals surface area contributed by atoms with Gasteiger partial charge < -0.3 is 9.64 Å². The van der Waals surface area contributed by atoms with E-state index in [1.165, 1.54) is 7.11 Å². The van der Waals surface area contributed by atoms with Crippen molar-refractivity contribution >= 4 is 22.6 Å². The lowest BCUT2D eigenvalue weighted by molar-refractivity contribution is -0.385. The lowest BCUT2D eigenvalue weighted by Gasteiger charge is -2.27. The normalized spacial score (nSPS) is 24.3. The van der Waals surface area contributed by atoms with Crippen LogP contribution < -0.4 is 4.74 Å². The smallest absolute Gasteiger partial charge is 0.311 e. The summed E-state index contributed by atoms with van der Waals surface area (Å²) in [5.74, 6) is 0.261. The molecule has 0 saturated carbocycles. The van der Waals surface area contributed by atoms with Crippen LogP contribution in [0, 0.1) is 10.1 Å². The van der Waals surface area contributed by atoms with Gasteiger partial charge in [-0.1, -0.05) is 30.8 Å². The Balaban J connectivity index is 1.80. The fourth-order valence-electron chi connectivity index (χ4n) is 3.51. The Morgan fingerprint density at radius 3 is 2.88 bits per heavy atom. The minimum absolute atomic E-state index is 0.0295. The zero-order valence-electron chi connectivity index (χ0n) is 14.4. The molecule has 2 aliphatic heterocycles. The van der Waals surface area contributed by atoms with Crippen LogP contribution in [-0.4, -0.2) is 38.9 Å². The number of hydrogen-bond acceptors (Lipinski definition) is 7. The first-order valence-electron chi connectivity index (χ1n) is 8.33. The minimum Gasteiger partial charge on any atom is -0.490 e. The van der Waals surface area contributed by atoms with E-state index < -0.39 is 4.92 Å². The van der Waals surface area contributed by atoms with E-state index in [2.05, 4.69) is 16.8 Å². The van der Waals surface area contributed by atoms with E-state index in [4.69, 9.17) is 9.73 Å². The van der Waals surface area contributed by atoms with Crippen molar-refractivity contribution in [3.8, 4) is 5.75 Å². The third-order valence-corrected chi connectivity index (χ3v) is 5.72. The van der Waals surface area contributed by atoms with Crippen LogP contribution in [0.1, 0.15) is 30.3 Å². The molecule has 4 rings (SSSR count). The fraction of sp³-hybridized carbons (Fsp3) is 0.333. The van der Waals surface area contributed by atoms with Gasteiger partial charge in [0.15, 0.2) is 10.9 Å². The highest BCUT2D eigenvalue weighted by atomic mass is 32.2. The van der Waals surface area contributed by atoms with Crippen molar-refractivity contribution in [3.63, 3.8) is 0 Å². The summed E-state index contributed by atoms with van der Waals surface area (Å²) in [7, 11) is 1.44. The molecule has 1 aromatic carbocycles. The van der Waals surface area contributed by atoms with Crippen molar-refractivity contribution in [2.75, 3.05) is 13.7 Å². The molecule has 0 amide bonds. The largest absolute Gasteiger partial charge is 0.490 e. The molecule has 134 valence electrons. The number of nitro benzene ring substituents is 1. The molecule has 3 unspecified atom stereocenters. The SMILES string of the molecule is COc1ccc(C2C(c3ccccn3)N=C3SC(C)CN32)cc1[N+](=O)[O-]. The standard InChI is InChI=1S/C18H18N4O3S/c1-11-10-21-17(12-6-7-15(25-2)14(9-12)22(23)24)16(20-18(21)26-11)13-5-3-4-8-19-13/h3-9,11,16-17H,10H2,1-2H3. The van der Waals surface area contributed by atoms with Crippen LogP contribution in [0.3, 0.4) is 0 Å². The average molecular weight is 370 g/mol. The van der Waals surface area contributed by atoms with Crippen molar-refractivity contribution in [2.45, 2.75) is 24.3 Å². The predicted molar refractivity (Wildman–Crippen MR) is 101 cm³/mol. The van der Waals surface area contributed by atoms with Crippen LogP contribution in [-0.2, 0) is 0 Å². The van der Waals surface area contributed by atoms with E-state index in [9.17, 15) is 10.1 Å². The van der Waals surface area contributed by atoms with Crippen LogP contribution in [0.2, 0.25) is 0 Å². The number of rotatable bonds is 4. The Labute approximate surface area is 155 Å². The number of aromatic nitrogens is 1. The van der Waals surface area contributed by atoms with Gasteiger partial charge in [0.25, 0.3) is 0 Å². The Morgan fingerprint density at radius 2 is 2.19 bits per heavy atom. The number of methoxy groups -OCH3 is 1. The minimum atomic E-state index is -0.407. The van der Waals surface area contributed by atoms with Crippen LogP contribution in [0.15, 0.2) is 47.6 Å². The number of aliphatic imine (C=N–C) groups is 1. The Kier molecular flexibility index (Phi) is 4.28. The summed E-state index contributed by atoms with van der Waals surface area (Å²) in [5, 5.41) is 12.9. The highest BCUT2D eigenvalue weighted by molar-refractivity contribution is 8.14. The van der Waals surface area contributed by atoms with Crippen molar-refractivity contribution < 1.29 is 9.66 Å². The summed E-state index contributed by atoms with van der Waals surface area (Å²) in [6, 6.07) is 10.6. The summed E-state index contributed by atoms with van der Waals surface area (Å²) >= 11 is 1.74. The highest BCUT2D eigenvalue weighted by Gasteiger charge is 2.44. The van der Waals surface area contributed by atoms with Gasteiger partial charge in [-0.25, -0.2) is 0 Å². The molecule has 2 aliphatic rings. The second-order valence-corrected chi connectivity index (χ2v) is 7.73. The van der Waals surface area contributed by atoms with Gasteiger partial charge >= 0.3 is 5.69 Å². The maximum atomic E-state index is 11.4. The molecule has 1 aromatic heterocycles. The molecule has 0 spiro atoms. The molecule has 1 fully saturated rings. The summed E-state index contributed by atoms with van der Waals surface area (Å²) in [5.41, 5.74) is 1.69. The molecule has 7 nitrogen and oxygen atoms in total. The summed E-state index contributed by atoms with van der Waals surface area (Å²) in [4.78, 5) is 22.6. The zero-order valence-corrected chi connectivity index (χ0v) is 15.2. The van der Waals surface area contributed by atoms with Gasteiger partial charge in [-0.15, -0.1) is 0 Å². The Bertz CT molecular complexity index is 874. The van der Waals surface area contributed by atoms with Gasteiger partial charge in [0.05, 0.1) is 23.8 Å². The molecule has 3 heterocycles. The fourth-order valence-corrected chi connectivity index (χ4v) is 4.60. The van der Waals surface area contributed by atoms with E-state index >= 15 is 0 Å². The van der Waals surface area contributed by atoms with Gasteiger partial charge in [0.2, 0.25) is 0 Å². The highest BCUT2D eigenvalue weighted by Crippen LogP contribution is 2.48. The first kappa shape index (κ1) is 16.8. The maximum absolute atomic E-state index is 11.4. The van der Waals surface area contributed by atoms with E-state index in [0.717, 1.165) is 23.0 Å². The maximum Gasteiger partial charge on any atom is 0.311 e. The lowest BCUT2D eigenvalue weighted by atomic mass is 9.96. The van der Waals surface area contributed by atoms with Gasteiger partial charge in [-0.05, 0) is 23.8 Å². The number of nitrogens with zero attached hydrogens (tertiary/aromatic N) is 4. The number of ether oxygens (including phenoxy) is 1. The molecular weight excluding hydrogens is 352 g/mol. The molecule has 2 aromatic rings. The van der Waals surface area contributed by atoms with Gasteiger partial charge in [0.1, 0.15) is 6.04 Å². The number of pyridine rings is 1. The molecule has 0 radical (unpaired) electrons. The number of hydrogen-bond donors (Lipinski definition) is 0. The van der Waals surface area contributed by atoms with E-state index in [-0.39, 0.29) is 23.5 Å². The monoisotopic (exact) mass is 370 g/mol. The third-order valence-electron chi connectivity index (χ3n) is 4.62. The summed E-state index contributed by atoms with van der Waals surface area (Å²) in [6.45, 7) is 3.02. The quantitative estimate of drug-likeness (QED) is 0.604. The zero-order chi connectivity index (χ0) is 18.3. The van der Waals surface area contributed by atoms with Crippen LogP contribution in [0.5, 0.6) is 5.75 Å². The third kappa shape index (κ3) is 2.80. The van der Waals surface area contributed by atoms with Crippen molar-refractivity contribution in [1.29, 1.82) is 0 Å². The topological polar surface area (TPSA) is 80.9 Å². The lowest BCUT2D eigenvalue weighted by Crippen LogP contribution is -2.28. The van der Waals surface area contributed by atoms with Crippen LogP contribution >= 0.6 is 11.8 Å². The predicted octanol–water partition coefficient (Wildman–Crippen LogP) is 3.59. The number of nitro groups is 1. The van der Waals surface area contributed by atoms with E-state index in [0.29, 0.717) is 5.25 Å². The van der Waals surface area contributed by atoms with E-state index in [1.54, 1.807) is 30.1 Å². The Hall–Kier alpha value is -2.61. The molecule has 0 aliphatic carbocycles. The summed E-state index contributed by atoms with van der Waals surface area (Å²) in [6.07, 6.45) is 1.75. The van der Waals surface area contributed by atoms with Crippen LogP contribution in [0.4, 0.5) is 5.69 Å². The van der Waals surface area contributed by atoms with Gasteiger partial charge in [-0.3, -0.25) is 20.1 Å². The summed E-state index contributed by atoms with van der Waals surface area (Å²) < 4.78 is 5.14. The number of thioether (sulfide) groups is 1. The average Bonchev–Trinajstić information content (AvgIpc) is 3.17. The second kappa shape index (κ2) is 6.60. The molecule has 3 atom stereocenters. The molecule has 0 N–H and O–H groups in total. The van der Waals surface area contributed by atoms with Gasteiger partial charge in [-0.2, -0.15) is 0 Å². The first-order valence-corrected chi connectivity index (χ1v) is 9.21. The number of benzene rings is 1. The van der Waals surface area contributed by atoms with Crippen molar-refractivity contribution in [3.05, 3.63) is 64.0 Å². The first-order chi connectivity index (χ1) is 12.6. The van der Waals surface area contributed by atoms with Crippen molar-refractivity contribution in [1.82, 2.24) is 9.88 Å².